The minimum atomic E-state index is -0.537. The first kappa shape index (κ1) is 15.4. The van der Waals surface area contributed by atoms with Crippen molar-refractivity contribution in [3.05, 3.63) is 29.8 Å². The second-order valence-corrected chi connectivity index (χ2v) is 5.94. The number of hydrogen-bond donors (Lipinski definition) is 1. The summed E-state index contributed by atoms with van der Waals surface area (Å²) in [5, 5.41) is 0. The summed E-state index contributed by atoms with van der Waals surface area (Å²) in [5.41, 5.74) is 5.63. The monoisotopic (exact) mass is 290 g/mol. The molecule has 1 aliphatic rings. The summed E-state index contributed by atoms with van der Waals surface area (Å²) < 4.78 is 5.24. The zero-order valence-corrected chi connectivity index (χ0v) is 12.5. The Morgan fingerprint density at radius 1 is 1.29 bits per heavy atom. The average Bonchev–Trinajstić information content (AvgIpc) is 2.43. The summed E-state index contributed by atoms with van der Waals surface area (Å²) in [4.78, 5) is 25.2. The fraction of sp³-hybridized carbons (Fsp3) is 0.500. The smallest absolute Gasteiger partial charge is 0.255 e. The molecule has 1 aliphatic heterocycles. The van der Waals surface area contributed by atoms with Gasteiger partial charge in [-0.25, -0.2) is 0 Å². The lowest BCUT2D eigenvalue weighted by atomic mass is 9.91. The number of amides is 2. The van der Waals surface area contributed by atoms with Gasteiger partial charge >= 0.3 is 0 Å². The van der Waals surface area contributed by atoms with Gasteiger partial charge in [-0.3, -0.25) is 9.59 Å². The first-order valence-corrected chi connectivity index (χ1v) is 7.26. The lowest BCUT2D eigenvalue weighted by Gasteiger charge is -2.35. The Morgan fingerprint density at radius 2 is 1.95 bits per heavy atom. The van der Waals surface area contributed by atoms with Crippen LogP contribution in [0.2, 0.25) is 0 Å². The molecule has 5 heteroatoms. The fourth-order valence-corrected chi connectivity index (χ4v) is 2.88. The highest BCUT2D eigenvalue weighted by atomic mass is 16.5. The number of rotatable bonds is 4. The summed E-state index contributed by atoms with van der Waals surface area (Å²) in [5.74, 6) is 1.00. The van der Waals surface area contributed by atoms with Crippen LogP contribution in [0.25, 0.3) is 0 Å². The Bertz CT molecular complexity index is 520. The van der Waals surface area contributed by atoms with Gasteiger partial charge in [0.25, 0.3) is 11.8 Å². The summed E-state index contributed by atoms with van der Waals surface area (Å²) in [6.07, 6.45) is 1.16. The van der Waals surface area contributed by atoms with Gasteiger partial charge in [0.1, 0.15) is 5.75 Å². The molecule has 2 N–H and O–H groups in total. The van der Waals surface area contributed by atoms with Gasteiger partial charge in [-0.15, -0.1) is 0 Å². The normalized spacial score (nSPS) is 21.9. The number of carbonyl (C=O) groups excluding carboxylic acids is 2. The highest BCUT2D eigenvalue weighted by Crippen LogP contribution is 2.23. The minimum Gasteiger partial charge on any atom is -0.484 e. The summed E-state index contributed by atoms with van der Waals surface area (Å²) in [6.45, 7) is 5.73. The van der Waals surface area contributed by atoms with Crippen LogP contribution < -0.4 is 10.5 Å². The maximum Gasteiger partial charge on any atom is 0.255 e. The molecular formula is C16H22N2O3. The number of benzene rings is 1. The standard InChI is InChI=1S/C16H22N2O3/c1-11-6-12(2)9-18(8-11)16(20)13-4-3-5-14(7-13)21-10-15(17)19/h3-5,7,11-12H,6,8-10H2,1-2H3,(H2,17,19). The number of nitrogens with zero attached hydrogens (tertiary/aromatic N) is 1. The van der Waals surface area contributed by atoms with Crippen molar-refractivity contribution in [3.63, 3.8) is 0 Å². The zero-order chi connectivity index (χ0) is 15.4. The van der Waals surface area contributed by atoms with Crippen molar-refractivity contribution >= 4 is 11.8 Å². The largest absolute Gasteiger partial charge is 0.484 e. The van der Waals surface area contributed by atoms with Crippen LogP contribution in [0, 0.1) is 11.8 Å². The van der Waals surface area contributed by atoms with E-state index in [-0.39, 0.29) is 12.5 Å². The first-order valence-electron chi connectivity index (χ1n) is 7.26. The predicted octanol–water partition coefficient (Wildman–Crippen LogP) is 1.67. The van der Waals surface area contributed by atoms with Crippen molar-refractivity contribution in [2.45, 2.75) is 20.3 Å². The molecule has 0 spiro atoms. The number of piperidine rings is 1. The topological polar surface area (TPSA) is 72.6 Å². The lowest BCUT2D eigenvalue weighted by molar-refractivity contribution is -0.119. The molecule has 2 unspecified atom stereocenters. The minimum absolute atomic E-state index is 0.0120. The molecule has 1 saturated heterocycles. The average molecular weight is 290 g/mol. The van der Waals surface area contributed by atoms with Crippen LogP contribution >= 0.6 is 0 Å². The van der Waals surface area contributed by atoms with Gasteiger partial charge in [-0.1, -0.05) is 19.9 Å². The quantitative estimate of drug-likeness (QED) is 0.916. The van der Waals surface area contributed by atoms with Crippen molar-refractivity contribution < 1.29 is 14.3 Å². The van der Waals surface area contributed by atoms with Gasteiger partial charge in [0, 0.05) is 18.7 Å². The SMILES string of the molecule is CC1CC(C)CN(C(=O)c2cccc(OCC(N)=O)c2)C1. The van der Waals surface area contributed by atoms with Crippen molar-refractivity contribution in [2.75, 3.05) is 19.7 Å². The van der Waals surface area contributed by atoms with Gasteiger partial charge in [0.2, 0.25) is 0 Å². The fourth-order valence-electron chi connectivity index (χ4n) is 2.88. The molecule has 0 radical (unpaired) electrons. The van der Waals surface area contributed by atoms with E-state index in [0.29, 0.717) is 23.1 Å². The van der Waals surface area contributed by atoms with E-state index in [0.717, 1.165) is 19.5 Å². The van der Waals surface area contributed by atoms with Crippen LogP contribution in [-0.4, -0.2) is 36.4 Å². The van der Waals surface area contributed by atoms with Crippen LogP contribution in [0.5, 0.6) is 5.75 Å². The van der Waals surface area contributed by atoms with Crippen LogP contribution in [0.1, 0.15) is 30.6 Å². The Kier molecular flexibility index (Phi) is 4.83. The Balaban J connectivity index is 2.08. The maximum atomic E-state index is 12.6. The van der Waals surface area contributed by atoms with E-state index in [4.69, 9.17) is 10.5 Å². The number of primary amides is 1. The van der Waals surface area contributed by atoms with Crippen LogP contribution in [0.15, 0.2) is 24.3 Å². The van der Waals surface area contributed by atoms with E-state index in [9.17, 15) is 9.59 Å². The molecule has 0 aromatic heterocycles. The molecule has 2 amide bonds. The highest BCUT2D eigenvalue weighted by molar-refractivity contribution is 5.94. The van der Waals surface area contributed by atoms with Gasteiger partial charge in [0.15, 0.2) is 6.61 Å². The second-order valence-electron chi connectivity index (χ2n) is 5.94. The van der Waals surface area contributed by atoms with Gasteiger partial charge in [-0.2, -0.15) is 0 Å². The second kappa shape index (κ2) is 6.61. The highest BCUT2D eigenvalue weighted by Gasteiger charge is 2.26. The number of ether oxygens (including phenoxy) is 1. The Hall–Kier alpha value is -2.04. The summed E-state index contributed by atoms with van der Waals surface area (Å²) in [6, 6.07) is 6.89. The number of likely N-dealkylation sites (tertiary alicyclic amines) is 1. The number of hydrogen-bond acceptors (Lipinski definition) is 3. The molecule has 114 valence electrons. The molecule has 0 saturated carbocycles. The first-order chi connectivity index (χ1) is 9.95. The third kappa shape index (κ3) is 4.21. The third-order valence-electron chi connectivity index (χ3n) is 3.62. The molecule has 0 bridgehead atoms. The van der Waals surface area contributed by atoms with Crippen LogP contribution in [-0.2, 0) is 4.79 Å². The third-order valence-corrected chi connectivity index (χ3v) is 3.62. The molecule has 0 aliphatic carbocycles. The van der Waals surface area contributed by atoms with Gasteiger partial charge in [0.05, 0.1) is 0 Å². The molecule has 21 heavy (non-hydrogen) atoms. The van der Waals surface area contributed by atoms with Crippen LogP contribution in [0.3, 0.4) is 0 Å². The molecule has 1 aromatic carbocycles. The molecule has 1 aromatic rings. The molecule has 1 fully saturated rings. The van der Waals surface area contributed by atoms with Crippen molar-refractivity contribution in [2.24, 2.45) is 17.6 Å². The summed E-state index contributed by atoms with van der Waals surface area (Å²) in [7, 11) is 0. The van der Waals surface area contributed by atoms with Gasteiger partial charge in [-0.05, 0) is 36.5 Å². The van der Waals surface area contributed by atoms with Crippen LogP contribution in [0.4, 0.5) is 0 Å². The van der Waals surface area contributed by atoms with E-state index >= 15 is 0 Å². The van der Waals surface area contributed by atoms with Crippen molar-refractivity contribution in [3.8, 4) is 5.75 Å². The lowest BCUT2D eigenvalue weighted by Crippen LogP contribution is -2.42. The summed E-state index contributed by atoms with van der Waals surface area (Å²) >= 11 is 0. The Morgan fingerprint density at radius 3 is 2.57 bits per heavy atom. The number of carbonyl (C=O) groups is 2. The predicted molar refractivity (Wildman–Crippen MR) is 80.0 cm³/mol. The van der Waals surface area contributed by atoms with Crippen molar-refractivity contribution in [1.82, 2.24) is 4.90 Å². The number of nitrogens with two attached hydrogens (primary N) is 1. The van der Waals surface area contributed by atoms with E-state index in [1.54, 1.807) is 24.3 Å². The molecule has 1 heterocycles. The molecular weight excluding hydrogens is 268 g/mol. The van der Waals surface area contributed by atoms with Gasteiger partial charge < -0.3 is 15.4 Å². The van der Waals surface area contributed by atoms with E-state index in [2.05, 4.69) is 13.8 Å². The maximum absolute atomic E-state index is 12.6. The van der Waals surface area contributed by atoms with E-state index < -0.39 is 5.91 Å². The molecule has 2 rings (SSSR count). The van der Waals surface area contributed by atoms with E-state index in [1.807, 2.05) is 4.90 Å². The molecule has 2 atom stereocenters. The zero-order valence-electron chi connectivity index (χ0n) is 12.5. The molecule has 5 nitrogen and oxygen atoms in total. The Labute approximate surface area is 125 Å². The van der Waals surface area contributed by atoms with E-state index in [1.165, 1.54) is 0 Å². The van der Waals surface area contributed by atoms with Crippen molar-refractivity contribution in [1.29, 1.82) is 0 Å².